The van der Waals surface area contributed by atoms with E-state index in [9.17, 15) is 5.11 Å². The van der Waals surface area contributed by atoms with Gasteiger partial charge in [-0.1, -0.05) is 24.8 Å². The Balaban J connectivity index is 3.02. The molecule has 0 amide bonds. The fourth-order valence-electron chi connectivity index (χ4n) is 1.02. The topological polar surface area (TPSA) is 20.2 Å². The number of hydrogen-bond donors (Lipinski definition) is 1. The maximum absolute atomic E-state index is 9.41. The van der Waals surface area contributed by atoms with E-state index in [1.165, 1.54) is 0 Å². The van der Waals surface area contributed by atoms with Gasteiger partial charge in [0.15, 0.2) is 0 Å². The van der Waals surface area contributed by atoms with Crippen LogP contribution in [-0.4, -0.2) is 5.11 Å². The average Bonchev–Trinajstić information content (AvgIpc) is 2.11. The molecule has 58 valence electrons. The van der Waals surface area contributed by atoms with Crippen LogP contribution in [0.5, 0.6) is 0 Å². The van der Waals surface area contributed by atoms with Gasteiger partial charge in [0, 0.05) is 0 Å². The number of hydrogen-bond acceptors (Lipinski definition) is 1. The molecule has 0 radical (unpaired) electrons. The molecular weight excluding hydrogens is 136 g/mol. The van der Waals surface area contributed by atoms with Crippen LogP contribution in [0.25, 0.3) is 0 Å². The predicted octanol–water partition coefficient (Wildman–Crippen LogP) is 2.89. The summed E-state index contributed by atoms with van der Waals surface area (Å²) in [6.45, 7) is 5.58. The van der Waals surface area contributed by atoms with E-state index >= 15 is 0 Å². The lowest BCUT2D eigenvalue weighted by Crippen LogP contribution is -1.82. The Hall–Kier alpha value is -1.24. The van der Waals surface area contributed by atoms with Crippen molar-refractivity contribution >= 4 is 0 Å². The number of aliphatic hydroxyl groups excluding tert-OH is 1. The molecule has 0 aromatic rings. The van der Waals surface area contributed by atoms with Crippen LogP contribution in [0.3, 0.4) is 0 Å². The smallest absolute Gasteiger partial charge is 0.119 e. The molecule has 0 bridgehead atoms. The van der Waals surface area contributed by atoms with E-state index in [2.05, 4.69) is 6.58 Å². The second kappa shape index (κ2) is 3.24. The van der Waals surface area contributed by atoms with Gasteiger partial charge in [-0.25, -0.2) is 0 Å². The third-order valence-electron chi connectivity index (χ3n) is 1.66. The minimum Gasteiger partial charge on any atom is -0.508 e. The van der Waals surface area contributed by atoms with Crippen molar-refractivity contribution in [1.29, 1.82) is 0 Å². The van der Waals surface area contributed by atoms with Crippen molar-refractivity contribution in [3.63, 3.8) is 0 Å². The van der Waals surface area contributed by atoms with Crippen LogP contribution in [0.4, 0.5) is 0 Å². The zero-order valence-corrected chi connectivity index (χ0v) is 6.67. The summed E-state index contributed by atoms with van der Waals surface area (Å²) < 4.78 is 0. The lowest BCUT2D eigenvalue weighted by molar-refractivity contribution is 0.426. The molecule has 1 aliphatic carbocycles. The highest BCUT2D eigenvalue weighted by molar-refractivity contribution is 5.37. The quantitative estimate of drug-likeness (QED) is 0.606. The normalized spacial score (nSPS) is 17.7. The zero-order valence-electron chi connectivity index (χ0n) is 6.67. The van der Waals surface area contributed by atoms with Gasteiger partial charge in [-0.15, -0.1) is 0 Å². The van der Waals surface area contributed by atoms with Crippen LogP contribution in [0.15, 0.2) is 47.8 Å². The molecule has 1 N–H and O–H groups in total. The fourth-order valence-corrected chi connectivity index (χ4v) is 1.02. The largest absolute Gasteiger partial charge is 0.508 e. The van der Waals surface area contributed by atoms with Gasteiger partial charge in [-0.3, -0.25) is 0 Å². The van der Waals surface area contributed by atoms with E-state index in [1.807, 2.05) is 19.1 Å². The van der Waals surface area contributed by atoms with Gasteiger partial charge in [-0.05, 0) is 30.6 Å². The zero-order chi connectivity index (χ0) is 8.27. The molecule has 0 fully saturated rings. The Morgan fingerprint density at radius 1 is 1.64 bits per heavy atom. The molecule has 0 aromatic heterocycles. The Labute approximate surface area is 67.1 Å². The SMILES string of the molecule is C=CC1=C(O)C=C(C)C=CC1. The lowest BCUT2D eigenvalue weighted by Gasteiger charge is -1.96. The van der Waals surface area contributed by atoms with Crippen molar-refractivity contribution in [3.8, 4) is 0 Å². The third-order valence-corrected chi connectivity index (χ3v) is 1.66. The summed E-state index contributed by atoms with van der Waals surface area (Å²) in [6.07, 6.45) is 8.22. The first-order valence-corrected chi connectivity index (χ1v) is 3.63. The fraction of sp³-hybridized carbons (Fsp3) is 0.200. The first-order chi connectivity index (χ1) is 5.24. The monoisotopic (exact) mass is 148 g/mol. The van der Waals surface area contributed by atoms with E-state index in [-0.39, 0.29) is 0 Å². The van der Waals surface area contributed by atoms with Crippen molar-refractivity contribution < 1.29 is 5.11 Å². The molecule has 0 saturated heterocycles. The molecule has 1 heteroatoms. The molecule has 0 aromatic carbocycles. The van der Waals surface area contributed by atoms with Crippen LogP contribution < -0.4 is 0 Å². The van der Waals surface area contributed by atoms with E-state index in [1.54, 1.807) is 12.2 Å². The highest BCUT2D eigenvalue weighted by Gasteiger charge is 2.00. The first-order valence-electron chi connectivity index (χ1n) is 3.63. The molecule has 0 aliphatic heterocycles. The van der Waals surface area contributed by atoms with Crippen LogP contribution >= 0.6 is 0 Å². The summed E-state index contributed by atoms with van der Waals surface area (Å²) in [5.74, 6) is 0.336. The maximum atomic E-state index is 9.41. The molecule has 0 saturated carbocycles. The molecule has 1 aliphatic rings. The highest BCUT2D eigenvalue weighted by atomic mass is 16.3. The van der Waals surface area contributed by atoms with Crippen molar-refractivity contribution in [2.75, 3.05) is 0 Å². The van der Waals surface area contributed by atoms with Crippen LogP contribution in [-0.2, 0) is 0 Å². The van der Waals surface area contributed by atoms with E-state index in [4.69, 9.17) is 0 Å². The summed E-state index contributed by atoms with van der Waals surface area (Å²) in [7, 11) is 0. The molecule has 11 heavy (non-hydrogen) atoms. The Morgan fingerprint density at radius 2 is 2.36 bits per heavy atom. The molecule has 1 nitrogen and oxygen atoms in total. The van der Waals surface area contributed by atoms with Crippen molar-refractivity contribution in [2.24, 2.45) is 0 Å². The predicted molar refractivity (Wildman–Crippen MR) is 47.4 cm³/mol. The Morgan fingerprint density at radius 3 is 3.00 bits per heavy atom. The van der Waals surface area contributed by atoms with E-state index in [0.717, 1.165) is 17.6 Å². The summed E-state index contributed by atoms with van der Waals surface area (Å²) in [5.41, 5.74) is 1.96. The summed E-state index contributed by atoms with van der Waals surface area (Å²) in [4.78, 5) is 0. The van der Waals surface area contributed by atoms with Gasteiger partial charge in [0.1, 0.15) is 5.76 Å². The van der Waals surface area contributed by atoms with E-state index in [0.29, 0.717) is 5.76 Å². The number of allylic oxidation sites excluding steroid dienone is 6. The molecule has 0 atom stereocenters. The maximum Gasteiger partial charge on any atom is 0.119 e. The number of aliphatic hydroxyl groups is 1. The summed E-state index contributed by atoms with van der Waals surface area (Å²) in [5, 5.41) is 9.41. The number of rotatable bonds is 1. The molecule has 0 unspecified atom stereocenters. The summed E-state index contributed by atoms with van der Waals surface area (Å²) in [6, 6.07) is 0. The molecule has 0 heterocycles. The first kappa shape index (κ1) is 7.86. The Bertz CT molecular complexity index is 254. The lowest BCUT2D eigenvalue weighted by atomic mass is 10.1. The van der Waals surface area contributed by atoms with E-state index < -0.39 is 0 Å². The van der Waals surface area contributed by atoms with Gasteiger partial charge < -0.3 is 5.11 Å². The standard InChI is InChI=1S/C10H12O/c1-3-9-6-4-5-8(2)7-10(9)11/h3-5,7,11H,1,6H2,2H3. The van der Waals surface area contributed by atoms with Crippen molar-refractivity contribution in [1.82, 2.24) is 0 Å². The van der Waals surface area contributed by atoms with Gasteiger partial charge in [0.25, 0.3) is 0 Å². The van der Waals surface area contributed by atoms with Gasteiger partial charge in [-0.2, -0.15) is 0 Å². The summed E-state index contributed by atoms with van der Waals surface area (Å²) >= 11 is 0. The van der Waals surface area contributed by atoms with Crippen LogP contribution in [0, 0.1) is 0 Å². The Kier molecular flexibility index (Phi) is 2.32. The van der Waals surface area contributed by atoms with Gasteiger partial charge in [0.2, 0.25) is 0 Å². The molecular formula is C10H12O. The van der Waals surface area contributed by atoms with Crippen molar-refractivity contribution in [3.05, 3.63) is 47.8 Å². The second-order valence-electron chi connectivity index (χ2n) is 2.61. The van der Waals surface area contributed by atoms with Crippen LogP contribution in [0.1, 0.15) is 13.3 Å². The van der Waals surface area contributed by atoms with Gasteiger partial charge >= 0.3 is 0 Å². The van der Waals surface area contributed by atoms with Crippen LogP contribution in [0.2, 0.25) is 0 Å². The second-order valence-corrected chi connectivity index (χ2v) is 2.61. The minimum atomic E-state index is 0.336. The minimum absolute atomic E-state index is 0.336. The van der Waals surface area contributed by atoms with Crippen molar-refractivity contribution in [2.45, 2.75) is 13.3 Å². The molecule has 1 rings (SSSR count). The highest BCUT2D eigenvalue weighted by Crippen LogP contribution is 2.16. The third kappa shape index (κ3) is 1.84. The van der Waals surface area contributed by atoms with Gasteiger partial charge in [0.05, 0.1) is 0 Å². The average molecular weight is 148 g/mol. The molecule has 0 spiro atoms.